The van der Waals surface area contributed by atoms with E-state index in [1.54, 1.807) is 0 Å². The number of amides is 1. The number of unbranched alkanes of at least 4 members (excludes halogenated alkanes) is 41. The molecule has 0 aliphatic rings. The van der Waals surface area contributed by atoms with E-state index < -0.39 is 20.0 Å². The summed E-state index contributed by atoms with van der Waals surface area (Å²) in [5, 5.41) is 14.0. The highest BCUT2D eigenvalue weighted by Crippen LogP contribution is 2.38. The first-order valence-corrected chi connectivity index (χ1v) is 30.3. The molecular formula is C56H115N2O6P. The summed E-state index contributed by atoms with van der Waals surface area (Å²) in [4.78, 5) is 25.4. The summed E-state index contributed by atoms with van der Waals surface area (Å²) >= 11 is 0. The molecule has 0 aliphatic heterocycles. The second-order valence-corrected chi connectivity index (χ2v) is 22.8. The van der Waals surface area contributed by atoms with Gasteiger partial charge in [-0.2, -0.15) is 0 Å². The molecule has 3 atom stereocenters. The van der Waals surface area contributed by atoms with Crippen LogP contribution in [0.15, 0.2) is 0 Å². The van der Waals surface area contributed by atoms with E-state index in [4.69, 9.17) is 9.05 Å². The molecule has 0 aromatic carbocycles. The van der Waals surface area contributed by atoms with Gasteiger partial charge >= 0.3 is 0 Å². The first-order chi connectivity index (χ1) is 31.5. The SMILES string of the molecule is CCCCCCCCCCCCCCCCCCCCCCCCCCCCCCCCC(O)C(COP(=O)([O-])OCC[N+](C)(C)C)NC(=O)CCCCCCCCCCCCCCC. The van der Waals surface area contributed by atoms with Crippen molar-refractivity contribution in [2.24, 2.45) is 0 Å². The van der Waals surface area contributed by atoms with Crippen LogP contribution in [0.4, 0.5) is 0 Å². The highest BCUT2D eigenvalue weighted by molar-refractivity contribution is 7.45. The number of quaternary nitrogens is 1. The molecule has 2 N–H and O–H groups in total. The van der Waals surface area contributed by atoms with Gasteiger partial charge in [-0.05, 0) is 12.8 Å². The monoisotopic (exact) mass is 943 g/mol. The number of carbonyl (C=O) groups is 1. The predicted molar refractivity (Wildman–Crippen MR) is 279 cm³/mol. The zero-order valence-electron chi connectivity index (χ0n) is 44.5. The molecule has 9 heteroatoms. The molecule has 0 spiro atoms. The summed E-state index contributed by atoms with van der Waals surface area (Å²) in [6, 6.07) is -0.794. The standard InChI is InChI=1S/C56H115N2O6P/c1-6-8-10-12-14-16-18-20-21-22-23-24-25-26-27-28-29-30-31-32-33-34-35-36-38-39-41-43-45-47-49-55(59)54(53-64-65(61,62)63-52-51-58(3,4)5)57-56(60)50-48-46-44-42-40-37-19-17-15-13-11-9-7-2/h54-55,59H,6-53H2,1-5H3,(H-,57,60,61,62). The fourth-order valence-corrected chi connectivity index (χ4v) is 9.77. The van der Waals surface area contributed by atoms with Gasteiger partial charge < -0.3 is 28.8 Å². The maximum Gasteiger partial charge on any atom is 0.268 e. The van der Waals surface area contributed by atoms with Gasteiger partial charge in [0.2, 0.25) is 5.91 Å². The number of likely N-dealkylation sites (N-methyl/N-ethyl adjacent to an activating group) is 1. The van der Waals surface area contributed by atoms with Gasteiger partial charge in [0.15, 0.2) is 0 Å². The fraction of sp³-hybridized carbons (Fsp3) is 0.982. The van der Waals surface area contributed by atoms with Crippen LogP contribution in [0.3, 0.4) is 0 Å². The summed E-state index contributed by atoms with van der Waals surface area (Å²) in [5.74, 6) is -0.159. The van der Waals surface area contributed by atoms with Gasteiger partial charge in [-0.1, -0.05) is 284 Å². The van der Waals surface area contributed by atoms with E-state index in [1.807, 2.05) is 21.1 Å². The van der Waals surface area contributed by atoms with Crippen molar-refractivity contribution >= 4 is 13.7 Å². The highest BCUT2D eigenvalue weighted by Gasteiger charge is 2.24. The van der Waals surface area contributed by atoms with Crippen molar-refractivity contribution in [2.75, 3.05) is 40.9 Å². The van der Waals surface area contributed by atoms with Crippen molar-refractivity contribution in [3.63, 3.8) is 0 Å². The Bertz CT molecular complexity index is 1030. The molecule has 65 heavy (non-hydrogen) atoms. The second kappa shape index (κ2) is 48.5. The van der Waals surface area contributed by atoms with E-state index in [0.717, 1.165) is 38.5 Å². The normalized spacial score (nSPS) is 13.9. The van der Waals surface area contributed by atoms with Gasteiger partial charge in [0.05, 0.1) is 39.9 Å². The Morgan fingerprint density at radius 3 is 1.05 bits per heavy atom. The average Bonchev–Trinajstić information content (AvgIpc) is 3.26. The lowest BCUT2D eigenvalue weighted by atomic mass is 10.0. The van der Waals surface area contributed by atoms with Crippen LogP contribution in [0.1, 0.15) is 303 Å². The van der Waals surface area contributed by atoms with Crippen LogP contribution in [0.25, 0.3) is 0 Å². The number of hydrogen-bond donors (Lipinski definition) is 2. The highest BCUT2D eigenvalue weighted by atomic mass is 31.2. The van der Waals surface area contributed by atoms with Gasteiger partial charge in [-0.25, -0.2) is 0 Å². The summed E-state index contributed by atoms with van der Waals surface area (Å²) in [6.07, 6.45) is 57.2. The topological polar surface area (TPSA) is 108 Å². The first kappa shape index (κ1) is 64.5. The zero-order valence-corrected chi connectivity index (χ0v) is 45.4. The quantitative estimate of drug-likeness (QED) is 0.0357. The van der Waals surface area contributed by atoms with Crippen LogP contribution >= 0.6 is 7.82 Å². The Balaban J connectivity index is 4.00. The van der Waals surface area contributed by atoms with Crippen molar-refractivity contribution in [3.05, 3.63) is 0 Å². The second-order valence-electron chi connectivity index (χ2n) is 21.4. The Hall–Kier alpha value is -0.500. The number of phosphoric ester groups is 1. The largest absolute Gasteiger partial charge is 0.756 e. The lowest BCUT2D eigenvalue weighted by Crippen LogP contribution is -2.46. The van der Waals surface area contributed by atoms with E-state index in [1.165, 1.54) is 238 Å². The van der Waals surface area contributed by atoms with E-state index >= 15 is 0 Å². The minimum atomic E-state index is -4.56. The molecule has 390 valence electrons. The van der Waals surface area contributed by atoms with E-state index in [0.29, 0.717) is 23.9 Å². The van der Waals surface area contributed by atoms with Crippen LogP contribution in [0, 0.1) is 0 Å². The summed E-state index contributed by atoms with van der Waals surface area (Å²) in [5.41, 5.74) is 0. The number of hydrogen-bond acceptors (Lipinski definition) is 6. The number of aliphatic hydroxyl groups is 1. The fourth-order valence-electron chi connectivity index (χ4n) is 9.04. The first-order valence-electron chi connectivity index (χ1n) is 28.9. The molecule has 0 aromatic heterocycles. The number of phosphoric acid groups is 1. The van der Waals surface area contributed by atoms with Crippen molar-refractivity contribution in [3.8, 4) is 0 Å². The number of carbonyl (C=O) groups excluding carboxylic acids is 1. The maximum absolute atomic E-state index is 12.9. The summed E-state index contributed by atoms with van der Waals surface area (Å²) < 4.78 is 23.4. The minimum absolute atomic E-state index is 0.0164. The number of aliphatic hydroxyl groups excluding tert-OH is 1. The van der Waals surface area contributed by atoms with Crippen LogP contribution in [0.5, 0.6) is 0 Å². The summed E-state index contributed by atoms with van der Waals surface area (Å²) in [6.45, 7) is 4.76. The Kier molecular flexibility index (Phi) is 48.1. The third-order valence-corrected chi connectivity index (χ3v) is 14.6. The third kappa shape index (κ3) is 51.2. The maximum atomic E-state index is 12.9. The number of nitrogens with one attached hydrogen (secondary N) is 1. The van der Waals surface area contributed by atoms with Crippen molar-refractivity contribution < 1.29 is 32.9 Å². The Labute approximate surface area is 406 Å². The van der Waals surface area contributed by atoms with Gasteiger partial charge in [0, 0.05) is 6.42 Å². The van der Waals surface area contributed by atoms with E-state index in [-0.39, 0.29) is 19.1 Å². The molecular weight excluding hydrogens is 828 g/mol. The van der Waals surface area contributed by atoms with Gasteiger partial charge in [0.25, 0.3) is 7.82 Å². The molecule has 0 heterocycles. The average molecular weight is 944 g/mol. The molecule has 0 aliphatic carbocycles. The van der Waals surface area contributed by atoms with Crippen LogP contribution < -0.4 is 10.2 Å². The zero-order chi connectivity index (χ0) is 47.8. The summed E-state index contributed by atoms with van der Waals surface area (Å²) in [7, 11) is 1.32. The molecule has 0 saturated heterocycles. The van der Waals surface area contributed by atoms with Gasteiger partial charge in [-0.15, -0.1) is 0 Å². The van der Waals surface area contributed by atoms with Gasteiger partial charge in [0.1, 0.15) is 13.2 Å². The lowest BCUT2D eigenvalue weighted by molar-refractivity contribution is -0.870. The number of nitrogens with zero attached hydrogens (tertiary/aromatic N) is 1. The Morgan fingerprint density at radius 2 is 0.754 bits per heavy atom. The molecule has 0 aromatic rings. The van der Waals surface area contributed by atoms with Gasteiger partial charge in [-0.3, -0.25) is 9.36 Å². The molecule has 0 radical (unpaired) electrons. The van der Waals surface area contributed by atoms with E-state index in [9.17, 15) is 19.4 Å². The van der Waals surface area contributed by atoms with E-state index in [2.05, 4.69) is 19.2 Å². The molecule has 0 saturated carbocycles. The molecule has 8 nitrogen and oxygen atoms in total. The molecule has 1 amide bonds. The van der Waals surface area contributed by atoms with Crippen LogP contribution in [0.2, 0.25) is 0 Å². The number of rotatable bonds is 54. The predicted octanol–water partition coefficient (Wildman–Crippen LogP) is 16.6. The molecule has 3 unspecified atom stereocenters. The molecule has 0 rings (SSSR count). The van der Waals surface area contributed by atoms with Crippen LogP contribution in [-0.4, -0.2) is 68.5 Å². The molecule has 0 bridgehead atoms. The lowest BCUT2D eigenvalue weighted by Gasteiger charge is -2.30. The van der Waals surface area contributed by atoms with Crippen molar-refractivity contribution in [1.82, 2.24) is 5.32 Å². The minimum Gasteiger partial charge on any atom is -0.756 e. The van der Waals surface area contributed by atoms with Crippen molar-refractivity contribution in [1.29, 1.82) is 0 Å². The third-order valence-electron chi connectivity index (χ3n) is 13.6. The van der Waals surface area contributed by atoms with Crippen LogP contribution in [-0.2, 0) is 18.4 Å². The molecule has 0 fully saturated rings. The smallest absolute Gasteiger partial charge is 0.268 e. The Morgan fingerprint density at radius 1 is 0.477 bits per heavy atom. The van der Waals surface area contributed by atoms with Crippen molar-refractivity contribution in [2.45, 2.75) is 315 Å².